The summed E-state index contributed by atoms with van der Waals surface area (Å²) in [6, 6.07) is 2.76. The summed E-state index contributed by atoms with van der Waals surface area (Å²) < 4.78 is 5.65. The van der Waals surface area contributed by atoms with Crippen LogP contribution in [0.4, 0.5) is 5.82 Å². The van der Waals surface area contributed by atoms with Crippen LogP contribution in [-0.4, -0.2) is 36.3 Å². The van der Waals surface area contributed by atoms with E-state index < -0.39 is 0 Å². The normalized spacial score (nSPS) is 23.4. The second-order valence-electron chi connectivity index (χ2n) is 5.83. The third-order valence-electron chi connectivity index (χ3n) is 3.47. The topological polar surface area (TPSA) is 37.4 Å². The van der Waals surface area contributed by atoms with Crippen molar-refractivity contribution in [2.24, 2.45) is 0 Å². The molecule has 0 aliphatic carbocycles. The van der Waals surface area contributed by atoms with E-state index in [1.807, 2.05) is 12.3 Å². The first-order valence-electron chi connectivity index (χ1n) is 7.23. The molecular formula is C15H24ClN3O. The van der Waals surface area contributed by atoms with Gasteiger partial charge in [-0.05, 0) is 25.5 Å². The number of pyridine rings is 1. The highest BCUT2D eigenvalue weighted by Crippen LogP contribution is 2.28. The fourth-order valence-corrected chi connectivity index (χ4v) is 2.60. The minimum absolute atomic E-state index is 0.214. The van der Waals surface area contributed by atoms with Gasteiger partial charge in [0.2, 0.25) is 0 Å². The Balaban J connectivity index is 2.12. The molecule has 1 aromatic rings. The van der Waals surface area contributed by atoms with Crippen LogP contribution in [0, 0.1) is 0 Å². The van der Waals surface area contributed by atoms with E-state index in [4.69, 9.17) is 16.3 Å². The molecule has 2 heterocycles. The van der Waals surface area contributed by atoms with Crippen molar-refractivity contribution in [1.29, 1.82) is 0 Å². The number of hydrogen-bond acceptors (Lipinski definition) is 4. The molecule has 1 saturated heterocycles. The van der Waals surface area contributed by atoms with Gasteiger partial charge in [-0.1, -0.05) is 25.4 Å². The van der Waals surface area contributed by atoms with Crippen LogP contribution in [0.1, 0.15) is 33.3 Å². The first kappa shape index (κ1) is 15.5. The van der Waals surface area contributed by atoms with Crippen LogP contribution < -0.4 is 10.2 Å². The molecule has 0 saturated carbocycles. The van der Waals surface area contributed by atoms with Crippen LogP contribution in [0.15, 0.2) is 12.3 Å². The van der Waals surface area contributed by atoms with E-state index in [9.17, 15) is 0 Å². The number of rotatable bonds is 4. The second-order valence-corrected chi connectivity index (χ2v) is 6.24. The Morgan fingerprint density at radius 3 is 2.90 bits per heavy atom. The first-order valence-corrected chi connectivity index (χ1v) is 7.61. The highest BCUT2D eigenvalue weighted by molar-refractivity contribution is 6.33. The van der Waals surface area contributed by atoms with Gasteiger partial charge in [0.05, 0.1) is 23.8 Å². The van der Waals surface area contributed by atoms with E-state index in [-0.39, 0.29) is 6.10 Å². The Labute approximate surface area is 126 Å². The molecule has 0 radical (unpaired) electrons. The summed E-state index contributed by atoms with van der Waals surface area (Å²) in [7, 11) is 0. The zero-order valence-corrected chi connectivity index (χ0v) is 13.4. The molecular weight excluding hydrogens is 274 g/mol. The van der Waals surface area contributed by atoms with E-state index in [0.717, 1.165) is 31.1 Å². The lowest BCUT2D eigenvalue weighted by molar-refractivity contribution is 0.0340. The molecule has 1 aliphatic heterocycles. The molecule has 112 valence electrons. The van der Waals surface area contributed by atoms with Gasteiger partial charge in [0.15, 0.2) is 0 Å². The van der Waals surface area contributed by atoms with E-state index in [0.29, 0.717) is 17.1 Å². The van der Waals surface area contributed by atoms with Gasteiger partial charge in [0.25, 0.3) is 0 Å². The first-order chi connectivity index (χ1) is 9.47. The molecule has 0 aromatic carbocycles. The number of morpholine rings is 1. The quantitative estimate of drug-likeness (QED) is 0.927. The smallest absolute Gasteiger partial charge is 0.147 e. The summed E-state index contributed by atoms with van der Waals surface area (Å²) in [5, 5.41) is 4.09. The fraction of sp³-hybridized carbons (Fsp3) is 0.667. The lowest BCUT2D eigenvalue weighted by atomic mass is 10.2. The predicted molar refractivity (Wildman–Crippen MR) is 83.4 cm³/mol. The molecule has 0 amide bonds. The maximum atomic E-state index is 6.42. The van der Waals surface area contributed by atoms with E-state index in [2.05, 4.69) is 42.9 Å². The van der Waals surface area contributed by atoms with Crippen molar-refractivity contribution in [3.63, 3.8) is 0 Å². The highest BCUT2D eigenvalue weighted by atomic mass is 35.5. The molecule has 0 bridgehead atoms. The molecule has 1 fully saturated rings. The summed E-state index contributed by atoms with van der Waals surface area (Å²) in [5.74, 6) is 0.864. The summed E-state index contributed by atoms with van der Waals surface area (Å²) in [5.41, 5.74) is 1.11. The zero-order chi connectivity index (χ0) is 14.7. The van der Waals surface area contributed by atoms with E-state index in [1.165, 1.54) is 0 Å². The number of halogens is 1. The third kappa shape index (κ3) is 3.84. The van der Waals surface area contributed by atoms with Crippen LogP contribution in [0.25, 0.3) is 0 Å². The van der Waals surface area contributed by atoms with Gasteiger partial charge in [-0.25, -0.2) is 4.98 Å². The second kappa shape index (κ2) is 6.74. The maximum Gasteiger partial charge on any atom is 0.147 e. The number of hydrogen-bond donors (Lipinski definition) is 1. The zero-order valence-electron chi connectivity index (χ0n) is 12.7. The molecule has 0 spiro atoms. The molecule has 1 N–H and O–H groups in total. The van der Waals surface area contributed by atoms with Crippen molar-refractivity contribution < 1.29 is 4.74 Å². The predicted octanol–water partition coefficient (Wildman–Crippen LogP) is 2.85. The van der Waals surface area contributed by atoms with Crippen molar-refractivity contribution in [2.45, 2.75) is 52.4 Å². The molecule has 1 aromatic heterocycles. The third-order valence-corrected chi connectivity index (χ3v) is 3.75. The van der Waals surface area contributed by atoms with Gasteiger partial charge in [0.1, 0.15) is 5.82 Å². The maximum absolute atomic E-state index is 6.42. The lowest BCUT2D eigenvalue weighted by Gasteiger charge is -2.38. The van der Waals surface area contributed by atoms with Crippen LogP contribution in [0.2, 0.25) is 5.02 Å². The summed E-state index contributed by atoms with van der Waals surface area (Å²) in [6.45, 7) is 10.8. The Kier molecular flexibility index (Phi) is 5.24. The van der Waals surface area contributed by atoms with Crippen LogP contribution in [0.3, 0.4) is 0 Å². The Hall–Kier alpha value is -0.840. The van der Waals surface area contributed by atoms with Gasteiger partial charge in [-0.15, -0.1) is 0 Å². The molecule has 20 heavy (non-hydrogen) atoms. The van der Waals surface area contributed by atoms with Crippen molar-refractivity contribution in [1.82, 2.24) is 10.3 Å². The van der Waals surface area contributed by atoms with E-state index in [1.54, 1.807) is 0 Å². The monoisotopic (exact) mass is 297 g/mol. The number of aromatic nitrogens is 1. The average molecular weight is 298 g/mol. The van der Waals surface area contributed by atoms with Crippen LogP contribution in [-0.2, 0) is 11.3 Å². The van der Waals surface area contributed by atoms with Crippen molar-refractivity contribution in [2.75, 3.05) is 18.1 Å². The Bertz CT molecular complexity index is 453. The average Bonchev–Trinajstić information content (AvgIpc) is 2.39. The number of ether oxygens (including phenoxy) is 1. The molecule has 5 heteroatoms. The number of anilines is 1. The lowest BCUT2D eigenvalue weighted by Crippen LogP contribution is -2.47. The van der Waals surface area contributed by atoms with Gasteiger partial charge >= 0.3 is 0 Å². The summed E-state index contributed by atoms with van der Waals surface area (Å²) >= 11 is 6.42. The van der Waals surface area contributed by atoms with Gasteiger partial charge in [0, 0.05) is 25.3 Å². The number of nitrogens with one attached hydrogen (secondary N) is 1. The van der Waals surface area contributed by atoms with Crippen LogP contribution >= 0.6 is 11.6 Å². The molecule has 2 atom stereocenters. The largest absolute Gasteiger partial charge is 0.375 e. The van der Waals surface area contributed by atoms with Crippen molar-refractivity contribution in [3.8, 4) is 0 Å². The molecule has 2 unspecified atom stereocenters. The van der Waals surface area contributed by atoms with Gasteiger partial charge in [-0.2, -0.15) is 0 Å². The summed E-state index contributed by atoms with van der Waals surface area (Å²) in [4.78, 5) is 6.80. The van der Waals surface area contributed by atoms with Crippen LogP contribution in [0.5, 0.6) is 0 Å². The fourth-order valence-electron chi connectivity index (χ4n) is 2.30. The van der Waals surface area contributed by atoms with Gasteiger partial charge in [-0.3, -0.25) is 0 Å². The molecule has 4 nitrogen and oxygen atoms in total. The standard InChI is InChI=1S/C15H24ClN3O/c1-10(2)17-6-13-5-14(16)15(18-7-13)19-8-12(4)20-9-11(19)3/h5,7,10-12,17H,6,8-9H2,1-4H3. The highest BCUT2D eigenvalue weighted by Gasteiger charge is 2.26. The minimum Gasteiger partial charge on any atom is -0.375 e. The Morgan fingerprint density at radius 1 is 1.50 bits per heavy atom. The van der Waals surface area contributed by atoms with Crippen molar-refractivity contribution >= 4 is 17.4 Å². The molecule has 2 rings (SSSR count). The minimum atomic E-state index is 0.214. The van der Waals surface area contributed by atoms with E-state index >= 15 is 0 Å². The van der Waals surface area contributed by atoms with Crippen molar-refractivity contribution in [3.05, 3.63) is 22.8 Å². The SMILES string of the molecule is CC(C)NCc1cnc(N2CC(C)OCC2C)c(Cl)c1. The molecule has 1 aliphatic rings. The van der Waals surface area contributed by atoms with Gasteiger partial charge < -0.3 is 15.0 Å². The number of nitrogens with zero attached hydrogens (tertiary/aromatic N) is 2. The Morgan fingerprint density at radius 2 is 2.25 bits per heavy atom. The summed E-state index contributed by atoms with van der Waals surface area (Å²) in [6.07, 6.45) is 2.12.